The van der Waals surface area contributed by atoms with Crippen molar-refractivity contribution in [3.63, 3.8) is 0 Å². The molecule has 1 aromatic heterocycles. The van der Waals surface area contributed by atoms with E-state index < -0.39 is 0 Å². The van der Waals surface area contributed by atoms with E-state index in [0.29, 0.717) is 17.5 Å². The quantitative estimate of drug-likeness (QED) is 0.763. The first kappa shape index (κ1) is 10.9. The Morgan fingerprint density at radius 2 is 2.12 bits per heavy atom. The molecule has 1 heterocycles. The van der Waals surface area contributed by atoms with Crippen molar-refractivity contribution in [3.05, 3.63) is 59.1 Å². The Hall–Kier alpha value is -1.61. The normalized spacial score (nSPS) is 10.1. The summed E-state index contributed by atoms with van der Waals surface area (Å²) in [7, 11) is 0. The SMILES string of the molecule is Fc1cccc(OCc2ccc(Cl)nc2)c1. The fraction of sp³-hybridized carbons (Fsp3) is 0.0833. The van der Waals surface area contributed by atoms with Crippen LogP contribution in [0.15, 0.2) is 42.6 Å². The molecule has 0 unspecified atom stereocenters. The Kier molecular flexibility index (Phi) is 3.37. The highest BCUT2D eigenvalue weighted by Gasteiger charge is 1.98. The lowest BCUT2D eigenvalue weighted by Crippen LogP contribution is -1.96. The van der Waals surface area contributed by atoms with E-state index in [4.69, 9.17) is 16.3 Å². The van der Waals surface area contributed by atoms with Gasteiger partial charge in [0.1, 0.15) is 23.3 Å². The van der Waals surface area contributed by atoms with Crippen molar-refractivity contribution in [3.8, 4) is 5.75 Å². The monoisotopic (exact) mass is 237 g/mol. The van der Waals surface area contributed by atoms with Gasteiger partial charge in [0.15, 0.2) is 0 Å². The third kappa shape index (κ3) is 2.94. The summed E-state index contributed by atoms with van der Waals surface area (Å²) in [6, 6.07) is 9.51. The maximum atomic E-state index is 12.8. The Morgan fingerprint density at radius 3 is 2.81 bits per heavy atom. The largest absolute Gasteiger partial charge is 0.489 e. The molecule has 2 nitrogen and oxygen atoms in total. The van der Waals surface area contributed by atoms with Crippen LogP contribution in [0.25, 0.3) is 0 Å². The summed E-state index contributed by atoms with van der Waals surface area (Å²) in [5.74, 6) is 0.182. The van der Waals surface area contributed by atoms with Gasteiger partial charge in [0.25, 0.3) is 0 Å². The average Bonchev–Trinajstić information content (AvgIpc) is 2.28. The van der Waals surface area contributed by atoms with Crippen molar-refractivity contribution in [2.45, 2.75) is 6.61 Å². The van der Waals surface area contributed by atoms with Gasteiger partial charge in [0.2, 0.25) is 0 Å². The summed E-state index contributed by atoms with van der Waals surface area (Å²) in [5.41, 5.74) is 0.883. The van der Waals surface area contributed by atoms with Gasteiger partial charge in [-0.15, -0.1) is 0 Å². The molecular formula is C12H9ClFNO. The van der Waals surface area contributed by atoms with E-state index in [2.05, 4.69) is 4.98 Å². The smallest absolute Gasteiger partial charge is 0.129 e. The number of hydrogen-bond acceptors (Lipinski definition) is 2. The Bertz CT molecular complexity index is 473. The second-order valence-corrected chi connectivity index (χ2v) is 3.62. The number of rotatable bonds is 3. The van der Waals surface area contributed by atoms with E-state index in [1.807, 2.05) is 6.07 Å². The number of pyridine rings is 1. The van der Waals surface area contributed by atoms with Crippen LogP contribution in [0.3, 0.4) is 0 Å². The van der Waals surface area contributed by atoms with Crippen LogP contribution >= 0.6 is 11.6 Å². The molecule has 0 bridgehead atoms. The highest BCUT2D eigenvalue weighted by Crippen LogP contribution is 2.14. The molecule has 0 aliphatic heterocycles. The van der Waals surface area contributed by atoms with Crippen LogP contribution in [0, 0.1) is 5.82 Å². The molecule has 0 aliphatic carbocycles. The van der Waals surface area contributed by atoms with Gasteiger partial charge in [-0.05, 0) is 18.2 Å². The third-order valence-electron chi connectivity index (χ3n) is 1.99. The molecule has 82 valence electrons. The molecule has 1 aromatic carbocycles. The standard InChI is InChI=1S/C12H9ClFNO/c13-12-5-4-9(7-15-12)8-16-11-3-1-2-10(14)6-11/h1-7H,8H2. The highest BCUT2D eigenvalue weighted by atomic mass is 35.5. The summed E-state index contributed by atoms with van der Waals surface area (Å²) in [4.78, 5) is 3.92. The van der Waals surface area contributed by atoms with E-state index in [0.717, 1.165) is 5.56 Å². The van der Waals surface area contributed by atoms with E-state index >= 15 is 0 Å². The minimum Gasteiger partial charge on any atom is -0.489 e. The summed E-state index contributed by atoms with van der Waals surface area (Å²) in [6.07, 6.45) is 1.63. The van der Waals surface area contributed by atoms with Gasteiger partial charge in [-0.25, -0.2) is 9.37 Å². The number of ether oxygens (including phenoxy) is 1. The minimum absolute atomic E-state index is 0.313. The number of aromatic nitrogens is 1. The van der Waals surface area contributed by atoms with Crippen LogP contribution in [0.1, 0.15) is 5.56 Å². The van der Waals surface area contributed by atoms with Crippen molar-refractivity contribution < 1.29 is 9.13 Å². The van der Waals surface area contributed by atoms with Gasteiger partial charge in [-0.3, -0.25) is 0 Å². The number of benzene rings is 1. The van der Waals surface area contributed by atoms with E-state index in [-0.39, 0.29) is 5.82 Å². The van der Waals surface area contributed by atoms with Gasteiger partial charge < -0.3 is 4.74 Å². The van der Waals surface area contributed by atoms with Crippen molar-refractivity contribution >= 4 is 11.6 Å². The first-order chi connectivity index (χ1) is 7.74. The lowest BCUT2D eigenvalue weighted by molar-refractivity contribution is 0.304. The van der Waals surface area contributed by atoms with Crippen molar-refractivity contribution in [1.29, 1.82) is 0 Å². The molecule has 2 rings (SSSR count). The maximum absolute atomic E-state index is 12.8. The molecule has 0 saturated carbocycles. The molecule has 0 fully saturated rings. The topological polar surface area (TPSA) is 22.1 Å². The second kappa shape index (κ2) is 4.94. The molecule has 4 heteroatoms. The Balaban J connectivity index is 1.99. The van der Waals surface area contributed by atoms with E-state index in [9.17, 15) is 4.39 Å². The lowest BCUT2D eigenvalue weighted by atomic mass is 10.3. The maximum Gasteiger partial charge on any atom is 0.129 e. The zero-order valence-electron chi connectivity index (χ0n) is 8.36. The van der Waals surface area contributed by atoms with Gasteiger partial charge in [-0.1, -0.05) is 23.7 Å². The van der Waals surface area contributed by atoms with Gasteiger partial charge in [-0.2, -0.15) is 0 Å². The number of nitrogens with zero attached hydrogens (tertiary/aromatic N) is 1. The molecule has 0 amide bonds. The zero-order chi connectivity index (χ0) is 11.4. The van der Waals surface area contributed by atoms with E-state index in [1.165, 1.54) is 12.1 Å². The first-order valence-electron chi connectivity index (χ1n) is 4.73. The van der Waals surface area contributed by atoms with Crippen molar-refractivity contribution in [2.24, 2.45) is 0 Å². The van der Waals surface area contributed by atoms with E-state index in [1.54, 1.807) is 24.4 Å². The molecule has 0 N–H and O–H groups in total. The summed E-state index contributed by atoms with van der Waals surface area (Å²) >= 11 is 5.65. The third-order valence-corrected chi connectivity index (χ3v) is 2.21. The Labute approximate surface area is 97.7 Å². The van der Waals surface area contributed by atoms with Gasteiger partial charge >= 0.3 is 0 Å². The van der Waals surface area contributed by atoms with Crippen molar-refractivity contribution in [2.75, 3.05) is 0 Å². The predicted molar refractivity (Wildman–Crippen MR) is 60.0 cm³/mol. The number of halogens is 2. The minimum atomic E-state index is -0.313. The molecule has 0 aliphatic rings. The van der Waals surface area contributed by atoms with Gasteiger partial charge in [0, 0.05) is 17.8 Å². The van der Waals surface area contributed by atoms with Crippen LogP contribution in [0.4, 0.5) is 4.39 Å². The van der Waals surface area contributed by atoms with Crippen LogP contribution in [-0.4, -0.2) is 4.98 Å². The fourth-order valence-corrected chi connectivity index (χ4v) is 1.33. The van der Waals surface area contributed by atoms with Crippen LogP contribution in [0.5, 0.6) is 5.75 Å². The molecular weight excluding hydrogens is 229 g/mol. The lowest BCUT2D eigenvalue weighted by Gasteiger charge is -2.05. The predicted octanol–water partition coefficient (Wildman–Crippen LogP) is 3.45. The number of hydrogen-bond donors (Lipinski definition) is 0. The average molecular weight is 238 g/mol. The Morgan fingerprint density at radius 1 is 1.25 bits per heavy atom. The molecule has 0 radical (unpaired) electrons. The van der Waals surface area contributed by atoms with Crippen LogP contribution in [0.2, 0.25) is 5.15 Å². The second-order valence-electron chi connectivity index (χ2n) is 3.24. The summed E-state index contributed by atoms with van der Waals surface area (Å²) < 4.78 is 18.2. The molecule has 2 aromatic rings. The highest BCUT2D eigenvalue weighted by molar-refractivity contribution is 6.29. The molecule has 0 saturated heterocycles. The summed E-state index contributed by atoms with van der Waals surface area (Å²) in [6.45, 7) is 0.341. The molecule has 16 heavy (non-hydrogen) atoms. The van der Waals surface area contributed by atoms with Crippen molar-refractivity contribution in [1.82, 2.24) is 4.98 Å². The molecule has 0 spiro atoms. The van der Waals surface area contributed by atoms with Crippen LogP contribution < -0.4 is 4.74 Å². The fourth-order valence-electron chi connectivity index (χ4n) is 1.22. The molecule has 0 atom stereocenters. The first-order valence-corrected chi connectivity index (χ1v) is 5.10. The van der Waals surface area contributed by atoms with Gasteiger partial charge in [0.05, 0.1) is 0 Å². The zero-order valence-corrected chi connectivity index (χ0v) is 9.12. The summed E-state index contributed by atoms with van der Waals surface area (Å²) in [5, 5.41) is 0.439. The van der Waals surface area contributed by atoms with Crippen LogP contribution in [-0.2, 0) is 6.61 Å².